The summed E-state index contributed by atoms with van der Waals surface area (Å²) < 4.78 is 0. The van der Waals surface area contributed by atoms with Crippen molar-refractivity contribution >= 4 is 29.1 Å². The Morgan fingerprint density at radius 3 is 2.83 bits per heavy atom. The highest BCUT2D eigenvalue weighted by atomic mass is 35.5. The molecule has 0 fully saturated rings. The molecule has 0 saturated heterocycles. The van der Waals surface area contributed by atoms with Crippen molar-refractivity contribution in [2.45, 2.75) is 12.8 Å². The van der Waals surface area contributed by atoms with Gasteiger partial charge in [-0.15, -0.1) is 0 Å². The summed E-state index contributed by atoms with van der Waals surface area (Å²) in [5.74, 6) is -0.458. The zero-order chi connectivity index (χ0) is 16.2. The summed E-state index contributed by atoms with van der Waals surface area (Å²) in [5, 5.41) is 2.95. The molecule has 0 spiro atoms. The number of para-hydroxylation sites is 1. The van der Waals surface area contributed by atoms with Gasteiger partial charge in [0.05, 0.1) is 12.1 Å². The third-order valence-corrected chi connectivity index (χ3v) is 4.02. The van der Waals surface area contributed by atoms with Crippen molar-refractivity contribution in [2.24, 2.45) is 0 Å². The number of aromatic nitrogens is 1. The monoisotopic (exact) mass is 329 g/mol. The molecule has 23 heavy (non-hydrogen) atoms. The summed E-state index contributed by atoms with van der Waals surface area (Å²) in [5.41, 5.74) is 2.48. The van der Waals surface area contributed by atoms with Crippen LogP contribution in [0.1, 0.15) is 22.3 Å². The Bertz CT molecular complexity index is 731. The van der Waals surface area contributed by atoms with Gasteiger partial charge < -0.3 is 10.2 Å². The number of benzene rings is 1. The molecule has 6 heteroatoms. The van der Waals surface area contributed by atoms with Crippen molar-refractivity contribution in [1.82, 2.24) is 10.3 Å². The van der Waals surface area contributed by atoms with Gasteiger partial charge in [-0.05, 0) is 36.6 Å². The molecule has 0 aliphatic carbocycles. The molecular weight excluding hydrogens is 314 g/mol. The largest absolute Gasteiger partial charge is 0.343 e. The fourth-order valence-corrected chi connectivity index (χ4v) is 2.77. The van der Waals surface area contributed by atoms with Crippen LogP contribution in [0, 0.1) is 0 Å². The van der Waals surface area contributed by atoms with Gasteiger partial charge in [-0.25, -0.2) is 4.98 Å². The minimum absolute atomic E-state index is 0.0458. The van der Waals surface area contributed by atoms with Crippen LogP contribution >= 0.6 is 11.6 Å². The highest BCUT2D eigenvalue weighted by Gasteiger charge is 2.22. The number of nitrogens with one attached hydrogen (secondary N) is 1. The maximum Gasteiger partial charge on any atom is 0.253 e. The SMILES string of the molecule is O=C(NCC(=O)N1CCCc2ccccc21)c1ccc(Cl)nc1. The van der Waals surface area contributed by atoms with Crippen molar-refractivity contribution in [3.8, 4) is 0 Å². The van der Waals surface area contributed by atoms with E-state index in [1.165, 1.54) is 11.8 Å². The van der Waals surface area contributed by atoms with Crippen molar-refractivity contribution in [2.75, 3.05) is 18.0 Å². The van der Waals surface area contributed by atoms with E-state index in [9.17, 15) is 9.59 Å². The summed E-state index contributed by atoms with van der Waals surface area (Å²) in [6.45, 7) is 0.629. The predicted octanol–water partition coefficient (Wildman–Crippen LogP) is 2.44. The van der Waals surface area contributed by atoms with E-state index < -0.39 is 0 Å². The lowest BCUT2D eigenvalue weighted by Crippen LogP contribution is -2.42. The zero-order valence-electron chi connectivity index (χ0n) is 12.5. The van der Waals surface area contributed by atoms with Crippen LogP contribution < -0.4 is 10.2 Å². The topological polar surface area (TPSA) is 62.3 Å². The van der Waals surface area contributed by atoms with Gasteiger partial charge in [0, 0.05) is 18.4 Å². The maximum absolute atomic E-state index is 12.4. The minimum atomic E-state index is -0.340. The molecule has 2 amide bonds. The highest BCUT2D eigenvalue weighted by molar-refractivity contribution is 6.29. The first-order chi connectivity index (χ1) is 11.1. The van der Waals surface area contributed by atoms with Gasteiger partial charge in [0.25, 0.3) is 5.91 Å². The van der Waals surface area contributed by atoms with Crippen LogP contribution in [-0.4, -0.2) is 29.9 Å². The standard InChI is InChI=1S/C17H16ClN3O2/c18-15-8-7-13(10-19-15)17(23)20-11-16(22)21-9-3-5-12-4-1-2-6-14(12)21/h1-2,4,6-8,10H,3,5,9,11H2,(H,20,23). The van der Waals surface area contributed by atoms with Crippen LogP contribution in [-0.2, 0) is 11.2 Å². The molecule has 0 bridgehead atoms. The summed E-state index contributed by atoms with van der Waals surface area (Å²) >= 11 is 5.69. The molecule has 1 N–H and O–H groups in total. The summed E-state index contributed by atoms with van der Waals surface area (Å²) in [6, 6.07) is 11.0. The first-order valence-corrected chi connectivity index (χ1v) is 7.81. The van der Waals surface area contributed by atoms with E-state index in [2.05, 4.69) is 10.3 Å². The second-order valence-electron chi connectivity index (χ2n) is 5.33. The number of fused-ring (bicyclic) bond motifs is 1. The normalized spacial score (nSPS) is 13.3. The molecule has 0 atom stereocenters. The van der Waals surface area contributed by atoms with Gasteiger partial charge in [0.2, 0.25) is 5.91 Å². The number of hydrogen-bond acceptors (Lipinski definition) is 3. The van der Waals surface area contributed by atoms with E-state index in [4.69, 9.17) is 11.6 Å². The molecule has 1 aliphatic heterocycles. The molecule has 1 aromatic heterocycles. The summed E-state index contributed by atoms with van der Waals surface area (Å²) in [4.78, 5) is 30.0. The van der Waals surface area contributed by atoms with E-state index >= 15 is 0 Å². The number of halogens is 1. The molecule has 5 nitrogen and oxygen atoms in total. The molecule has 1 aliphatic rings. The number of pyridine rings is 1. The van der Waals surface area contributed by atoms with Crippen LogP contribution in [0.2, 0.25) is 5.15 Å². The van der Waals surface area contributed by atoms with Crippen LogP contribution in [0.15, 0.2) is 42.6 Å². The van der Waals surface area contributed by atoms with Crippen LogP contribution in [0.4, 0.5) is 5.69 Å². The molecule has 2 aromatic rings. The van der Waals surface area contributed by atoms with Gasteiger partial charge >= 0.3 is 0 Å². The minimum Gasteiger partial charge on any atom is -0.343 e. The molecule has 2 heterocycles. The number of aryl methyl sites for hydroxylation is 1. The van der Waals surface area contributed by atoms with Crippen LogP contribution in [0.5, 0.6) is 0 Å². The third-order valence-electron chi connectivity index (χ3n) is 3.80. The van der Waals surface area contributed by atoms with Crippen molar-refractivity contribution in [3.05, 3.63) is 58.9 Å². The van der Waals surface area contributed by atoms with Gasteiger partial charge in [-0.1, -0.05) is 29.8 Å². The van der Waals surface area contributed by atoms with Gasteiger partial charge in [0.1, 0.15) is 5.15 Å². The summed E-state index contributed by atoms with van der Waals surface area (Å²) in [6.07, 6.45) is 3.29. The number of hydrogen-bond donors (Lipinski definition) is 1. The first kappa shape index (κ1) is 15.5. The van der Waals surface area contributed by atoms with Crippen molar-refractivity contribution in [1.29, 1.82) is 0 Å². The second-order valence-corrected chi connectivity index (χ2v) is 5.72. The highest BCUT2D eigenvalue weighted by Crippen LogP contribution is 2.26. The maximum atomic E-state index is 12.4. The third kappa shape index (κ3) is 3.51. The molecule has 1 aromatic carbocycles. The lowest BCUT2D eigenvalue weighted by atomic mass is 10.0. The lowest BCUT2D eigenvalue weighted by molar-refractivity contribution is -0.117. The smallest absolute Gasteiger partial charge is 0.253 e. The number of anilines is 1. The number of amides is 2. The van der Waals surface area contributed by atoms with E-state index in [-0.39, 0.29) is 18.4 Å². The van der Waals surface area contributed by atoms with Crippen LogP contribution in [0.3, 0.4) is 0 Å². The quantitative estimate of drug-likeness (QED) is 0.880. The Balaban J connectivity index is 1.64. The summed E-state index contributed by atoms with van der Waals surface area (Å²) in [7, 11) is 0. The molecule has 0 radical (unpaired) electrons. The molecule has 0 saturated carbocycles. The van der Waals surface area contributed by atoms with E-state index in [1.807, 2.05) is 24.3 Å². The number of carbonyl (C=O) groups is 2. The average Bonchev–Trinajstić information content (AvgIpc) is 2.59. The first-order valence-electron chi connectivity index (χ1n) is 7.43. The predicted molar refractivity (Wildman–Crippen MR) is 88.7 cm³/mol. The Morgan fingerprint density at radius 2 is 2.04 bits per heavy atom. The van der Waals surface area contributed by atoms with E-state index in [1.54, 1.807) is 17.0 Å². The fourth-order valence-electron chi connectivity index (χ4n) is 2.66. The molecule has 118 valence electrons. The van der Waals surface area contributed by atoms with Gasteiger partial charge in [-0.2, -0.15) is 0 Å². The van der Waals surface area contributed by atoms with Crippen molar-refractivity contribution in [3.63, 3.8) is 0 Å². The fraction of sp³-hybridized carbons (Fsp3) is 0.235. The average molecular weight is 330 g/mol. The number of rotatable bonds is 3. The van der Waals surface area contributed by atoms with Crippen molar-refractivity contribution < 1.29 is 9.59 Å². The van der Waals surface area contributed by atoms with E-state index in [0.29, 0.717) is 17.3 Å². The van der Waals surface area contributed by atoms with Crippen LogP contribution in [0.25, 0.3) is 0 Å². The number of nitrogens with zero attached hydrogens (tertiary/aromatic N) is 2. The Morgan fingerprint density at radius 1 is 1.22 bits per heavy atom. The second kappa shape index (κ2) is 6.79. The lowest BCUT2D eigenvalue weighted by Gasteiger charge is -2.29. The Labute approximate surface area is 139 Å². The Hall–Kier alpha value is -2.40. The molecule has 3 rings (SSSR count). The Kier molecular flexibility index (Phi) is 4.57. The van der Waals surface area contributed by atoms with Gasteiger partial charge in [0.15, 0.2) is 0 Å². The molecular formula is C17H16ClN3O2. The van der Waals surface area contributed by atoms with Gasteiger partial charge in [-0.3, -0.25) is 9.59 Å². The van der Waals surface area contributed by atoms with E-state index in [0.717, 1.165) is 18.5 Å². The number of carbonyl (C=O) groups excluding carboxylic acids is 2. The molecule has 0 unspecified atom stereocenters. The zero-order valence-corrected chi connectivity index (χ0v) is 13.2.